The third-order valence-electron chi connectivity index (χ3n) is 11.6. The fraction of sp³-hybridized carbons (Fsp3) is 0.931. The minimum Gasteiger partial charge on any atom is -0.393 e. The Morgan fingerprint density at radius 1 is 1.00 bits per heavy atom. The molecule has 3 saturated carbocycles. The number of rotatable bonds is 6. The Balaban J connectivity index is 1.58. The second-order valence-corrected chi connectivity index (χ2v) is 13.2. The van der Waals surface area contributed by atoms with Crippen LogP contribution < -0.4 is 0 Å². The summed E-state index contributed by atoms with van der Waals surface area (Å²) in [4.78, 5) is 0. The summed E-state index contributed by atoms with van der Waals surface area (Å²) in [7, 11) is 0. The number of aliphatic hydroxyl groups is 3. The van der Waals surface area contributed by atoms with Gasteiger partial charge in [-0.15, -0.1) is 0 Å². The van der Waals surface area contributed by atoms with Crippen LogP contribution in [0.1, 0.15) is 112 Å². The van der Waals surface area contributed by atoms with Gasteiger partial charge in [-0.25, -0.2) is 0 Å². The molecule has 3 heteroatoms. The third-order valence-corrected chi connectivity index (χ3v) is 11.6. The summed E-state index contributed by atoms with van der Waals surface area (Å²) in [6, 6.07) is 0. The molecule has 3 nitrogen and oxygen atoms in total. The van der Waals surface area contributed by atoms with Crippen molar-refractivity contribution < 1.29 is 15.3 Å². The van der Waals surface area contributed by atoms with E-state index >= 15 is 0 Å². The molecule has 0 heterocycles. The second-order valence-electron chi connectivity index (χ2n) is 13.2. The van der Waals surface area contributed by atoms with Crippen LogP contribution in [0.5, 0.6) is 0 Å². The number of aliphatic hydroxyl groups excluding tert-OH is 1. The molecule has 0 unspecified atom stereocenters. The van der Waals surface area contributed by atoms with Crippen LogP contribution in [0.4, 0.5) is 0 Å². The predicted molar refractivity (Wildman–Crippen MR) is 131 cm³/mol. The van der Waals surface area contributed by atoms with Crippen LogP contribution in [0.3, 0.4) is 0 Å². The molecule has 0 aromatic heterocycles. The average Bonchev–Trinajstić information content (AvgIpc) is 3.09. The van der Waals surface area contributed by atoms with Gasteiger partial charge >= 0.3 is 0 Å². The van der Waals surface area contributed by atoms with E-state index in [-0.39, 0.29) is 17.4 Å². The highest BCUT2D eigenvalue weighted by atomic mass is 16.4. The standard InChI is InChI=1S/C29H50O3/c1-7-21(19(2)3)9-8-20(4)24-10-11-25-26(24,5)16-17-29(32)27(6)14-13-23(30)18-22(27)12-15-28(25,29)31/h12,19-21,23-25,30-32H,7-11,13-18H2,1-6H3/t20-,21-,23+,24-,25-,26-,27+,28-,29+/m1/s1. The van der Waals surface area contributed by atoms with Crippen molar-refractivity contribution in [3.63, 3.8) is 0 Å². The molecule has 0 aliphatic heterocycles. The van der Waals surface area contributed by atoms with E-state index < -0.39 is 16.6 Å². The smallest absolute Gasteiger partial charge is 0.103 e. The molecule has 4 aliphatic rings. The molecule has 3 fully saturated rings. The maximum Gasteiger partial charge on any atom is 0.103 e. The van der Waals surface area contributed by atoms with Gasteiger partial charge in [0.1, 0.15) is 11.2 Å². The summed E-state index contributed by atoms with van der Waals surface area (Å²) in [6.07, 6.45) is 12.4. The molecule has 0 bridgehead atoms. The monoisotopic (exact) mass is 446 g/mol. The first-order valence-electron chi connectivity index (χ1n) is 13.7. The summed E-state index contributed by atoms with van der Waals surface area (Å²) in [5.74, 6) is 3.03. The van der Waals surface area contributed by atoms with Crippen LogP contribution in [-0.2, 0) is 0 Å². The summed E-state index contributed by atoms with van der Waals surface area (Å²) < 4.78 is 0. The highest BCUT2D eigenvalue weighted by Crippen LogP contribution is 2.70. The minimum absolute atomic E-state index is 0.107. The Hall–Kier alpha value is -0.380. The summed E-state index contributed by atoms with van der Waals surface area (Å²) in [6.45, 7) is 14.1. The number of fused-ring (bicyclic) bond motifs is 5. The summed E-state index contributed by atoms with van der Waals surface area (Å²) >= 11 is 0. The van der Waals surface area contributed by atoms with Crippen molar-refractivity contribution in [3.05, 3.63) is 11.6 Å². The molecule has 4 rings (SSSR count). The van der Waals surface area contributed by atoms with Gasteiger partial charge in [-0.05, 0) is 92.8 Å². The molecule has 184 valence electrons. The maximum absolute atomic E-state index is 12.3. The first-order chi connectivity index (χ1) is 14.9. The molecule has 0 spiro atoms. The van der Waals surface area contributed by atoms with Crippen LogP contribution in [-0.4, -0.2) is 32.6 Å². The van der Waals surface area contributed by atoms with Gasteiger partial charge in [-0.3, -0.25) is 0 Å². The maximum atomic E-state index is 12.3. The van der Waals surface area contributed by atoms with Crippen LogP contribution in [0, 0.1) is 40.4 Å². The fourth-order valence-electron chi connectivity index (χ4n) is 9.31. The van der Waals surface area contributed by atoms with Gasteiger partial charge in [0.15, 0.2) is 0 Å². The highest BCUT2D eigenvalue weighted by Gasteiger charge is 2.72. The number of hydrogen-bond donors (Lipinski definition) is 3. The zero-order valence-electron chi connectivity index (χ0n) is 21.7. The average molecular weight is 447 g/mol. The van der Waals surface area contributed by atoms with Gasteiger partial charge in [-0.2, -0.15) is 0 Å². The van der Waals surface area contributed by atoms with Gasteiger partial charge in [0.05, 0.1) is 6.10 Å². The van der Waals surface area contributed by atoms with Crippen molar-refractivity contribution in [2.75, 3.05) is 0 Å². The van der Waals surface area contributed by atoms with E-state index in [9.17, 15) is 15.3 Å². The van der Waals surface area contributed by atoms with Crippen molar-refractivity contribution in [3.8, 4) is 0 Å². The van der Waals surface area contributed by atoms with Crippen LogP contribution in [0.2, 0.25) is 0 Å². The molecule has 32 heavy (non-hydrogen) atoms. The molecule has 0 aromatic carbocycles. The zero-order valence-corrected chi connectivity index (χ0v) is 21.7. The van der Waals surface area contributed by atoms with E-state index in [2.05, 4.69) is 47.6 Å². The Bertz CT molecular complexity index is 730. The lowest BCUT2D eigenvalue weighted by molar-refractivity contribution is -0.278. The Labute approximate surface area is 197 Å². The second kappa shape index (κ2) is 8.38. The van der Waals surface area contributed by atoms with Crippen molar-refractivity contribution in [2.24, 2.45) is 40.4 Å². The first-order valence-corrected chi connectivity index (χ1v) is 13.7. The predicted octanol–water partition coefficient (Wildman–Crippen LogP) is 6.25. The molecule has 4 aliphatic carbocycles. The minimum atomic E-state index is -1.07. The lowest BCUT2D eigenvalue weighted by Crippen LogP contribution is -2.73. The fourth-order valence-corrected chi connectivity index (χ4v) is 9.31. The zero-order chi connectivity index (χ0) is 23.5. The van der Waals surface area contributed by atoms with E-state index in [0.29, 0.717) is 31.1 Å². The lowest BCUT2D eigenvalue weighted by Gasteiger charge is -2.66. The normalized spacial score (nSPS) is 47.9. The molecule has 0 aromatic rings. The van der Waals surface area contributed by atoms with E-state index in [0.717, 1.165) is 37.5 Å². The molecule has 3 N–H and O–H groups in total. The van der Waals surface area contributed by atoms with Gasteiger partial charge in [0.2, 0.25) is 0 Å². The molecule has 9 atom stereocenters. The van der Waals surface area contributed by atoms with Gasteiger partial charge < -0.3 is 15.3 Å². The van der Waals surface area contributed by atoms with Gasteiger partial charge in [-0.1, -0.05) is 66.0 Å². The van der Waals surface area contributed by atoms with Crippen LogP contribution in [0.15, 0.2) is 11.6 Å². The molecule has 0 saturated heterocycles. The Kier molecular flexibility index (Phi) is 6.48. The van der Waals surface area contributed by atoms with Crippen molar-refractivity contribution >= 4 is 0 Å². The Morgan fingerprint density at radius 2 is 1.72 bits per heavy atom. The van der Waals surface area contributed by atoms with Crippen LogP contribution >= 0.6 is 0 Å². The van der Waals surface area contributed by atoms with Crippen molar-refractivity contribution in [1.29, 1.82) is 0 Å². The van der Waals surface area contributed by atoms with Gasteiger partial charge in [0, 0.05) is 5.41 Å². The quantitative estimate of drug-likeness (QED) is 0.422. The molecular formula is C29H50O3. The van der Waals surface area contributed by atoms with E-state index in [1.54, 1.807) is 0 Å². The largest absolute Gasteiger partial charge is 0.393 e. The summed E-state index contributed by atoms with van der Waals surface area (Å²) in [5.41, 5.74) is -1.23. The first kappa shape index (κ1) is 24.7. The highest BCUT2D eigenvalue weighted by molar-refractivity contribution is 5.35. The van der Waals surface area contributed by atoms with Crippen molar-refractivity contribution in [2.45, 2.75) is 129 Å². The van der Waals surface area contributed by atoms with E-state index in [1.807, 2.05) is 0 Å². The Morgan fingerprint density at radius 3 is 2.38 bits per heavy atom. The van der Waals surface area contributed by atoms with Crippen LogP contribution in [0.25, 0.3) is 0 Å². The molecule has 0 amide bonds. The van der Waals surface area contributed by atoms with Gasteiger partial charge in [0.25, 0.3) is 0 Å². The molecular weight excluding hydrogens is 396 g/mol. The topological polar surface area (TPSA) is 60.7 Å². The van der Waals surface area contributed by atoms with Crippen molar-refractivity contribution in [1.82, 2.24) is 0 Å². The summed E-state index contributed by atoms with van der Waals surface area (Å²) in [5, 5.41) is 34.9. The number of hydrogen-bond acceptors (Lipinski definition) is 3. The lowest BCUT2D eigenvalue weighted by atomic mass is 9.42. The SMILES string of the molecule is CC[C@H](CC[C@@H](C)[C@H]1CC[C@@H]2[C@]1(C)CC[C@]1(O)[C@@]3(C)CC[C@H](O)CC3=CC[C@@]21O)C(C)C. The third kappa shape index (κ3) is 3.39. The van der Waals surface area contributed by atoms with E-state index in [1.165, 1.54) is 31.3 Å². The molecule has 0 radical (unpaired) electrons. The van der Waals surface area contributed by atoms with E-state index in [4.69, 9.17) is 0 Å².